The van der Waals surface area contributed by atoms with Crippen molar-refractivity contribution in [1.82, 2.24) is 0 Å². The smallest absolute Gasteiger partial charge is 0.224 e. The summed E-state index contributed by atoms with van der Waals surface area (Å²) in [6.45, 7) is 2.49. The van der Waals surface area contributed by atoms with Crippen molar-refractivity contribution >= 4 is 11.6 Å². The number of hydrogen-bond donors (Lipinski definition) is 2. The molecule has 4 fully saturated rings. The normalized spacial score (nSPS) is 34.6. The molecule has 0 heterocycles. The van der Waals surface area contributed by atoms with Crippen LogP contribution in [0, 0.1) is 17.3 Å². The molecule has 5 nitrogen and oxygen atoms in total. The molecule has 5 rings (SSSR count). The summed E-state index contributed by atoms with van der Waals surface area (Å²) in [6, 6.07) is 5.47. The largest absolute Gasteiger partial charge is 0.493 e. The zero-order valence-corrected chi connectivity index (χ0v) is 15.7. The van der Waals surface area contributed by atoms with Gasteiger partial charge < -0.3 is 19.9 Å². The molecule has 1 aromatic rings. The van der Waals surface area contributed by atoms with Crippen molar-refractivity contribution in [3.05, 3.63) is 18.2 Å². The zero-order chi connectivity index (χ0) is 18.4. The van der Waals surface area contributed by atoms with Crippen LogP contribution in [-0.2, 0) is 4.79 Å². The number of carbonyl (C=O) groups is 1. The third-order valence-electron chi connectivity index (χ3n) is 6.43. The predicted octanol–water partition coefficient (Wildman–Crippen LogP) is 3.75. The van der Waals surface area contributed by atoms with Crippen LogP contribution in [0.15, 0.2) is 18.2 Å². The molecule has 0 aromatic heterocycles. The van der Waals surface area contributed by atoms with Crippen LogP contribution >= 0.6 is 0 Å². The van der Waals surface area contributed by atoms with E-state index in [1.807, 2.05) is 19.1 Å². The molecule has 142 valence electrons. The Hall–Kier alpha value is -1.75. The average molecular weight is 359 g/mol. The average Bonchev–Trinajstić information content (AvgIpc) is 2.53. The minimum Gasteiger partial charge on any atom is -0.493 e. The molecule has 4 saturated carbocycles. The highest BCUT2D eigenvalue weighted by Crippen LogP contribution is 2.62. The second-order valence-corrected chi connectivity index (χ2v) is 8.71. The zero-order valence-electron chi connectivity index (χ0n) is 15.7. The van der Waals surface area contributed by atoms with Crippen molar-refractivity contribution in [3.8, 4) is 11.5 Å². The van der Waals surface area contributed by atoms with Crippen LogP contribution in [0.1, 0.15) is 51.9 Å². The van der Waals surface area contributed by atoms with E-state index in [0.717, 1.165) is 37.8 Å². The summed E-state index contributed by atoms with van der Waals surface area (Å²) in [4.78, 5) is 12.7. The Balaban J connectivity index is 1.44. The lowest BCUT2D eigenvalue weighted by Gasteiger charge is -2.60. The molecular formula is C21H29NO4. The first-order valence-corrected chi connectivity index (χ1v) is 9.76. The van der Waals surface area contributed by atoms with E-state index in [-0.39, 0.29) is 11.3 Å². The van der Waals surface area contributed by atoms with Crippen molar-refractivity contribution in [2.75, 3.05) is 19.0 Å². The Bertz CT molecular complexity index is 687. The van der Waals surface area contributed by atoms with Crippen LogP contribution in [0.2, 0.25) is 0 Å². The second-order valence-electron chi connectivity index (χ2n) is 8.71. The molecule has 4 bridgehead atoms. The van der Waals surface area contributed by atoms with E-state index in [1.165, 1.54) is 6.42 Å². The first kappa shape index (κ1) is 17.7. The molecule has 1 amide bonds. The van der Waals surface area contributed by atoms with E-state index >= 15 is 0 Å². The third-order valence-corrected chi connectivity index (χ3v) is 6.43. The van der Waals surface area contributed by atoms with Gasteiger partial charge in [-0.25, -0.2) is 0 Å². The van der Waals surface area contributed by atoms with Crippen molar-refractivity contribution in [1.29, 1.82) is 0 Å². The molecule has 5 heteroatoms. The number of methoxy groups -OCH3 is 1. The van der Waals surface area contributed by atoms with Crippen molar-refractivity contribution in [3.63, 3.8) is 0 Å². The van der Waals surface area contributed by atoms with Crippen LogP contribution < -0.4 is 14.8 Å². The minimum atomic E-state index is -0.521. The Kier molecular flexibility index (Phi) is 4.38. The number of aliphatic hydroxyl groups is 1. The topological polar surface area (TPSA) is 67.8 Å². The quantitative estimate of drug-likeness (QED) is 0.812. The number of benzene rings is 1. The van der Waals surface area contributed by atoms with E-state index in [9.17, 15) is 9.90 Å². The van der Waals surface area contributed by atoms with Crippen molar-refractivity contribution in [2.24, 2.45) is 17.3 Å². The Morgan fingerprint density at radius 1 is 1.23 bits per heavy atom. The molecule has 2 N–H and O–H groups in total. The summed E-state index contributed by atoms with van der Waals surface area (Å²) in [5.74, 6) is 2.52. The fourth-order valence-electron chi connectivity index (χ4n) is 6.17. The molecular weight excluding hydrogens is 330 g/mol. The molecule has 0 spiro atoms. The molecule has 2 atom stereocenters. The van der Waals surface area contributed by atoms with E-state index in [4.69, 9.17) is 9.47 Å². The Labute approximate surface area is 155 Å². The van der Waals surface area contributed by atoms with Gasteiger partial charge in [0.25, 0.3) is 0 Å². The lowest BCUT2D eigenvalue weighted by atomic mass is 9.47. The van der Waals surface area contributed by atoms with Crippen LogP contribution in [-0.4, -0.2) is 30.3 Å². The summed E-state index contributed by atoms with van der Waals surface area (Å²) in [6.07, 6.45) is 6.57. The molecule has 0 unspecified atom stereocenters. The summed E-state index contributed by atoms with van der Waals surface area (Å²) in [5, 5.41) is 13.9. The lowest BCUT2D eigenvalue weighted by Crippen LogP contribution is -2.56. The van der Waals surface area contributed by atoms with Gasteiger partial charge in [-0.3, -0.25) is 4.79 Å². The van der Waals surface area contributed by atoms with Crippen molar-refractivity contribution in [2.45, 2.75) is 57.5 Å². The maximum absolute atomic E-state index is 12.7. The summed E-state index contributed by atoms with van der Waals surface area (Å²) in [7, 11) is 1.60. The highest BCUT2D eigenvalue weighted by Gasteiger charge is 2.57. The molecule has 4 aliphatic rings. The number of carbonyl (C=O) groups excluding carboxylic acids is 1. The molecule has 4 aliphatic carbocycles. The standard InChI is InChI=1S/C21H29NO4/c1-3-26-17-5-4-16(7-18(17)25-2)22-19(23)12-20-8-14-6-15(9-20)11-21(24,10-14)13-20/h4-5,7,14-15,24H,3,6,8-13H2,1-2H3,(H,22,23)/t14-,15-,20?,21?/m1/s1. The molecule has 1 aromatic carbocycles. The number of hydrogen-bond acceptors (Lipinski definition) is 4. The molecule has 26 heavy (non-hydrogen) atoms. The predicted molar refractivity (Wildman–Crippen MR) is 99.5 cm³/mol. The first-order chi connectivity index (χ1) is 12.4. The summed E-state index contributed by atoms with van der Waals surface area (Å²) < 4.78 is 10.9. The Morgan fingerprint density at radius 2 is 1.96 bits per heavy atom. The number of rotatable bonds is 6. The van der Waals surface area contributed by atoms with E-state index < -0.39 is 5.60 Å². The van der Waals surface area contributed by atoms with Crippen LogP contribution in [0.25, 0.3) is 0 Å². The Morgan fingerprint density at radius 3 is 2.58 bits per heavy atom. The van der Waals surface area contributed by atoms with Gasteiger partial charge in [-0.1, -0.05) is 0 Å². The molecule has 0 aliphatic heterocycles. The summed E-state index contributed by atoms with van der Waals surface area (Å²) in [5.41, 5.74) is 0.184. The van der Waals surface area contributed by atoms with Gasteiger partial charge in [0.2, 0.25) is 5.91 Å². The van der Waals surface area contributed by atoms with Crippen LogP contribution in [0.4, 0.5) is 5.69 Å². The van der Waals surface area contributed by atoms with Gasteiger partial charge in [0, 0.05) is 18.2 Å². The number of anilines is 1. The third kappa shape index (κ3) is 3.29. The first-order valence-electron chi connectivity index (χ1n) is 9.76. The maximum Gasteiger partial charge on any atom is 0.224 e. The van der Waals surface area contributed by atoms with Gasteiger partial charge in [-0.15, -0.1) is 0 Å². The fraction of sp³-hybridized carbons (Fsp3) is 0.667. The van der Waals surface area contributed by atoms with Gasteiger partial charge in [0.1, 0.15) is 0 Å². The second kappa shape index (κ2) is 6.45. The van der Waals surface area contributed by atoms with E-state index in [0.29, 0.717) is 36.4 Å². The van der Waals surface area contributed by atoms with E-state index in [1.54, 1.807) is 13.2 Å². The highest BCUT2D eigenvalue weighted by atomic mass is 16.5. The van der Waals surface area contributed by atoms with Crippen molar-refractivity contribution < 1.29 is 19.4 Å². The molecule has 0 radical (unpaired) electrons. The summed E-state index contributed by atoms with van der Waals surface area (Å²) >= 11 is 0. The minimum absolute atomic E-state index is 0.0156. The van der Waals surface area contributed by atoms with Crippen LogP contribution in [0.3, 0.4) is 0 Å². The van der Waals surface area contributed by atoms with Gasteiger partial charge in [-0.05, 0) is 74.8 Å². The lowest BCUT2D eigenvalue weighted by molar-refractivity contribution is -0.167. The van der Waals surface area contributed by atoms with Gasteiger partial charge in [0.05, 0.1) is 19.3 Å². The van der Waals surface area contributed by atoms with Gasteiger partial charge >= 0.3 is 0 Å². The van der Waals surface area contributed by atoms with Crippen LogP contribution in [0.5, 0.6) is 11.5 Å². The molecule has 0 saturated heterocycles. The number of ether oxygens (including phenoxy) is 2. The van der Waals surface area contributed by atoms with Gasteiger partial charge in [-0.2, -0.15) is 0 Å². The number of amides is 1. The fourth-order valence-corrected chi connectivity index (χ4v) is 6.17. The SMILES string of the molecule is CCOc1ccc(NC(=O)CC23C[C@H]4C[C@@H](CC(O)(C4)C2)C3)cc1OC. The van der Waals surface area contributed by atoms with E-state index in [2.05, 4.69) is 5.32 Å². The highest BCUT2D eigenvalue weighted by molar-refractivity contribution is 5.91. The monoisotopic (exact) mass is 359 g/mol. The number of nitrogens with one attached hydrogen (secondary N) is 1. The van der Waals surface area contributed by atoms with Gasteiger partial charge in [0.15, 0.2) is 11.5 Å². The maximum atomic E-state index is 12.7.